The van der Waals surface area contributed by atoms with E-state index >= 15 is 0 Å². The topological polar surface area (TPSA) is 75.4 Å². The Morgan fingerprint density at radius 3 is 2.82 bits per heavy atom. The second-order valence-electron chi connectivity index (χ2n) is 5.21. The van der Waals surface area contributed by atoms with Gasteiger partial charge in [-0.2, -0.15) is 0 Å². The highest BCUT2D eigenvalue weighted by Crippen LogP contribution is 2.28. The number of halogens is 1. The summed E-state index contributed by atoms with van der Waals surface area (Å²) in [6.45, 7) is 4.60. The number of nitrogens with two attached hydrogens (primary N) is 1. The lowest BCUT2D eigenvalue weighted by Crippen LogP contribution is -2.45. The van der Waals surface area contributed by atoms with Crippen molar-refractivity contribution < 1.29 is 9.59 Å². The lowest BCUT2D eigenvalue weighted by Gasteiger charge is -2.24. The van der Waals surface area contributed by atoms with Gasteiger partial charge in [-0.05, 0) is 44.0 Å². The van der Waals surface area contributed by atoms with E-state index in [0.29, 0.717) is 35.8 Å². The minimum Gasteiger partial charge on any atom is -0.340 e. The molecule has 0 fully saturated rings. The van der Waals surface area contributed by atoms with Crippen LogP contribution in [0.15, 0.2) is 30.9 Å². The smallest absolute Gasteiger partial charge is 0.254 e. The fourth-order valence-corrected chi connectivity index (χ4v) is 2.71. The number of hydrogen-bond acceptors (Lipinski definition) is 3. The first-order valence-electron chi connectivity index (χ1n) is 7.31. The van der Waals surface area contributed by atoms with Crippen molar-refractivity contribution in [2.75, 3.05) is 18.0 Å². The van der Waals surface area contributed by atoms with Crippen molar-refractivity contribution in [2.24, 2.45) is 5.73 Å². The number of carbonyl (C=O) groups is 2. The summed E-state index contributed by atoms with van der Waals surface area (Å²) in [4.78, 5) is 26.7. The van der Waals surface area contributed by atoms with Crippen LogP contribution in [0.3, 0.4) is 0 Å². The highest BCUT2D eigenvalue weighted by Gasteiger charge is 2.32. The minimum atomic E-state index is -0.551. The molecule has 0 aliphatic carbocycles. The first-order valence-corrected chi connectivity index (χ1v) is 7.69. The maximum atomic E-state index is 12.7. The number of fused-ring (bicyclic) bond motifs is 1. The molecule has 2 rings (SSSR count). The zero-order valence-electron chi connectivity index (χ0n) is 12.3. The van der Waals surface area contributed by atoms with Crippen LogP contribution in [0.25, 0.3) is 0 Å². The van der Waals surface area contributed by atoms with E-state index in [0.717, 1.165) is 12.8 Å². The number of anilines is 1. The summed E-state index contributed by atoms with van der Waals surface area (Å²) in [5.74, 6) is -0.415. The van der Waals surface area contributed by atoms with Gasteiger partial charge in [-0.1, -0.05) is 17.7 Å². The van der Waals surface area contributed by atoms with Gasteiger partial charge in [0.05, 0.1) is 11.3 Å². The number of nitrogens with zero attached hydrogens (tertiary/aromatic N) is 1. The molecule has 6 heteroatoms. The predicted molar refractivity (Wildman–Crippen MR) is 88.2 cm³/mol. The molecule has 5 nitrogen and oxygen atoms in total. The molecule has 1 aliphatic rings. The van der Waals surface area contributed by atoms with Gasteiger partial charge >= 0.3 is 0 Å². The molecule has 0 bridgehead atoms. The van der Waals surface area contributed by atoms with Crippen molar-refractivity contribution in [2.45, 2.75) is 25.3 Å². The molecule has 118 valence electrons. The number of amides is 2. The van der Waals surface area contributed by atoms with Gasteiger partial charge in [0, 0.05) is 11.6 Å². The molecular weight excluding hydrogens is 302 g/mol. The Labute approximate surface area is 135 Å². The summed E-state index contributed by atoms with van der Waals surface area (Å²) in [5.41, 5.74) is 6.46. The maximum absolute atomic E-state index is 12.7. The highest BCUT2D eigenvalue weighted by molar-refractivity contribution is 6.31. The first kappa shape index (κ1) is 16.5. The van der Waals surface area contributed by atoms with E-state index in [1.54, 1.807) is 29.2 Å². The van der Waals surface area contributed by atoms with Crippen LogP contribution in [0.5, 0.6) is 0 Å². The molecule has 1 aromatic rings. The van der Waals surface area contributed by atoms with Crippen LogP contribution in [-0.2, 0) is 4.79 Å². The summed E-state index contributed by atoms with van der Waals surface area (Å²) >= 11 is 5.98. The van der Waals surface area contributed by atoms with E-state index in [9.17, 15) is 9.59 Å². The highest BCUT2D eigenvalue weighted by atomic mass is 35.5. The third kappa shape index (κ3) is 3.48. The molecule has 1 heterocycles. The zero-order chi connectivity index (χ0) is 16.1. The van der Waals surface area contributed by atoms with Crippen LogP contribution in [-0.4, -0.2) is 30.9 Å². The SMILES string of the molecule is C=CCN1C(=O)[C@H](CCCCN)NC(=O)c2cc(Cl)ccc21. The molecule has 2 amide bonds. The van der Waals surface area contributed by atoms with Crippen LogP contribution in [0.1, 0.15) is 29.6 Å². The molecule has 1 aliphatic heterocycles. The molecule has 0 aromatic heterocycles. The van der Waals surface area contributed by atoms with Crippen LogP contribution in [0.2, 0.25) is 5.02 Å². The second kappa shape index (κ2) is 7.42. The largest absolute Gasteiger partial charge is 0.340 e. The van der Waals surface area contributed by atoms with Crippen molar-refractivity contribution in [1.82, 2.24) is 5.32 Å². The average Bonchev–Trinajstić information content (AvgIpc) is 2.59. The van der Waals surface area contributed by atoms with E-state index in [1.165, 1.54) is 0 Å². The Morgan fingerprint density at radius 1 is 1.36 bits per heavy atom. The Morgan fingerprint density at radius 2 is 2.14 bits per heavy atom. The zero-order valence-corrected chi connectivity index (χ0v) is 13.1. The fraction of sp³-hybridized carbons (Fsp3) is 0.375. The normalized spacial score (nSPS) is 17.7. The van der Waals surface area contributed by atoms with Crippen LogP contribution < -0.4 is 16.0 Å². The molecule has 0 saturated heterocycles. The number of rotatable bonds is 6. The third-order valence-electron chi connectivity index (χ3n) is 3.62. The van der Waals surface area contributed by atoms with E-state index in [4.69, 9.17) is 17.3 Å². The van der Waals surface area contributed by atoms with Crippen molar-refractivity contribution in [1.29, 1.82) is 0 Å². The Bertz CT molecular complexity index is 589. The Kier molecular flexibility index (Phi) is 5.57. The van der Waals surface area contributed by atoms with Crippen LogP contribution in [0.4, 0.5) is 5.69 Å². The summed E-state index contributed by atoms with van der Waals surface area (Å²) < 4.78 is 0. The lowest BCUT2D eigenvalue weighted by molar-refractivity contribution is -0.120. The summed E-state index contributed by atoms with van der Waals surface area (Å²) in [7, 11) is 0. The molecule has 1 aromatic carbocycles. The van der Waals surface area contributed by atoms with Crippen molar-refractivity contribution in [3.05, 3.63) is 41.4 Å². The third-order valence-corrected chi connectivity index (χ3v) is 3.86. The summed E-state index contributed by atoms with van der Waals surface area (Å²) in [6.07, 6.45) is 3.81. The van der Waals surface area contributed by atoms with Gasteiger partial charge in [0.1, 0.15) is 6.04 Å². The molecule has 0 spiro atoms. The molecule has 3 N–H and O–H groups in total. The van der Waals surface area contributed by atoms with E-state index in [1.807, 2.05) is 0 Å². The van der Waals surface area contributed by atoms with E-state index in [2.05, 4.69) is 11.9 Å². The number of hydrogen-bond donors (Lipinski definition) is 2. The standard InChI is InChI=1S/C16H20ClN3O2/c1-2-9-20-14-7-6-11(17)10-12(14)15(21)19-13(16(20)22)5-3-4-8-18/h2,6-7,10,13H,1,3-5,8-9,18H2,(H,19,21)/t13-/m0/s1. The first-order chi connectivity index (χ1) is 10.6. The minimum absolute atomic E-state index is 0.133. The van der Waals surface area contributed by atoms with Gasteiger partial charge in [0.2, 0.25) is 5.91 Å². The average molecular weight is 322 g/mol. The maximum Gasteiger partial charge on any atom is 0.254 e. The van der Waals surface area contributed by atoms with Crippen molar-refractivity contribution in [3.63, 3.8) is 0 Å². The number of carbonyl (C=O) groups excluding carboxylic acids is 2. The summed E-state index contributed by atoms with van der Waals surface area (Å²) in [6, 6.07) is 4.40. The van der Waals surface area contributed by atoms with E-state index < -0.39 is 6.04 Å². The number of benzene rings is 1. The van der Waals surface area contributed by atoms with Gasteiger partial charge in [-0.3, -0.25) is 9.59 Å². The Balaban J connectivity index is 2.35. The molecule has 22 heavy (non-hydrogen) atoms. The van der Waals surface area contributed by atoms with Crippen molar-refractivity contribution >= 4 is 29.1 Å². The monoisotopic (exact) mass is 321 g/mol. The molecule has 0 unspecified atom stereocenters. The number of unbranched alkanes of at least 4 members (excludes halogenated alkanes) is 1. The molecule has 0 radical (unpaired) electrons. The molecule has 1 atom stereocenters. The van der Waals surface area contributed by atoms with Gasteiger partial charge in [-0.25, -0.2) is 0 Å². The van der Waals surface area contributed by atoms with E-state index in [-0.39, 0.29) is 11.8 Å². The second-order valence-corrected chi connectivity index (χ2v) is 5.65. The molecular formula is C16H20ClN3O2. The van der Waals surface area contributed by atoms with Gasteiger partial charge in [0.25, 0.3) is 5.91 Å². The van der Waals surface area contributed by atoms with Gasteiger partial charge in [0.15, 0.2) is 0 Å². The van der Waals surface area contributed by atoms with Crippen LogP contribution in [0, 0.1) is 0 Å². The number of nitrogens with one attached hydrogen (secondary N) is 1. The summed E-state index contributed by atoms with van der Waals surface area (Å²) in [5, 5.41) is 3.26. The van der Waals surface area contributed by atoms with Gasteiger partial charge < -0.3 is 16.0 Å². The van der Waals surface area contributed by atoms with Crippen molar-refractivity contribution in [3.8, 4) is 0 Å². The fourth-order valence-electron chi connectivity index (χ4n) is 2.54. The molecule has 0 saturated carbocycles. The van der Waals surface area contributed by atoms with Crippen LogP contribution >= 0.6 is 11.6 Å². The van der Waals surface area contributed by atoms with Gasteiger partial charge in [-0.15, -0.1) is 6.58 Å². The quantitative estimate of drug-likeness (QED) is 0.622. The lowest BCUT2D eigenvalue weighted by atomic mass is 10.1. The predicted octanol–water partition coefficient (Wildman–Crippen LogP) is 2.10. The Hall–Kier alpha value is -1.85.